The normalized spacial score (nSPS) is 11.1. The van der Waals surface area contributed by atoms with E-state index < -0.39 is 0 Å². The van der Waals surface area contributed by atoms with E-state index >= 15 is 0 Å². The van der Waals surface area contributed by atoms with Crippen LogP contribution in [0, 0.1) is 0 Å². The van der Waals surface area contributed by atoms with Gasteiger partial charge in [0.05, 0.1) is 18.6 Å². The van der Waals surface area contributed by atoms with Crippen LogP contribution >= 0.6 is 0 Å². The summed E-state index contributed by atoms with van der Waals surface area (Å²) in [6.07, 6.45) is 4.07. The summed E-state index contributed by atoms with van der Waals surface area (Å²) in [5.74, 6) is 3.33. The van der Waals surface area contributed by atoms with Gasteiger partial charge >= 0.3 is 0 Å². The van der Waals surface area contributed by atoms with Gasteiger partial charge in [0.15, 0.2) is 0 Å². The molecule has 0 saturated heterocycles. The number of hydrogen-bond acceptors (Lipinski definition) is 4. The maximum Gasteiger partial charge on any atom is 0.138 e. The first-order valence-electron chi connectivity index (χ1n) is 14.4. The van der Waals surface area contributed by atoms with Crippen LogP contribution in [0.2, 0.25) is 0 Å². The second-order valence-corrected chi connectivity index (χ2v) is 9.96. The van der Waals surface area contributed by atoms with Crippen molar-refractivity contribution in [1.82, 2.24) is 0 Å². The Morgan fingerprint density at radius 2 is 1.10 bits per heavy atom. The lowest BCUT2D eigenvalue weighted by Gasteiger charge is -2.22. The molecule has 0 aromatic heterocycles. The van der Waals surface area contributed by atoms with E-state index in [1.165, 1.54) is 0 Å². The number of unbranched alkanes of at least 4 members (excludes halogenated alkanes) is 2. The zero-order valence-corrected chi connectivity index (χ0v) is 23.5. The first kappa shape index (κ1) is 27.4. The van der Waals surface area contributed by atoms with Crippen molar-refractivity contribution in [3.63, 3.8) is 0 Å². The molecule has 40 heavy (non-hydrogen) atoms. The number of ether oxygens (including phenoxy) is 4. The SMILES string of the molecule is CCCCOc1c2cccc(OCc3ccccc3)c2c(OCCCC)c2cccc(COc3ccccc3)c12. The van der Waals surface area contributed by atoms with Crippen LogP contribution in [0.25, 0.3) is 21.5 Å². The predicted molar refractivity (Wildman–Crippen MR) is 164 cm³/mol. The Morgan fingerprint density at radius 3 is 1.77 bits per heavy atom. The number of para-hydroxylation sites is 1. The molecule has 0 fully saturated rings. The van der Waals surface area contributed by atoms with E-state index in [2.05, 4.69) is 50.2 Å². The van der Waals surface area contributed by atoms with Crippen LogP contribution in [0.3, 0.4) is 0 Å². The lowest BCUT2D eigenvalue weighted by molar-refractivity contribution is 0.298. The Labute approximate surface area is 237 Å². The van der Waals surface area contributed by atoms with Gasteiger partial charge in [0.25, 0.3) is 0 Å². The molecule has 0 N–H and O–H groups in total. The maximum atomic E-state index is 6.60. The highest BCUT2D eigenvalue weighted by atomic mass is 16.5. The minimum Gasteiger partial charge on any atom is -0.492 e. The fourth-order valence-electron chi connectivity index (χ4n) is 4.87. The van der Waals surface area contributed by atoms with Crippen LogP contribution in [0.1, 0.15) is 50.7 Å². The van der Waals surface area contributed by atoms with Crippen molar-refractivity contribution in [2.45, 2.75) is 52.7 Å². The first-order chi connectivity index (χ1) is 19.8. The Hall–Kier alpha value is -4.18. The molecular formula is C36H38O4. The van der Waals surface area contributed by atoms with Crippen LogP contribution < -0.4 is 18.9 Å². The lowest BCUT2D eigenvalue weighted by atomic mass is 9.96. The van der Waals surface area contributed by atoms with Crippen molar-refractivity contribution in [2.75, 3.05) is 13.2 Å². The summed E-state index contributed by atoms with van der Waals surface area (Å²) in [5.41, 5.74) is 2.18. The van der Waals surface area contributed by atoms with Crippen molar-refractivity contribution < 1.29 is 18.9 Å². The van der Waals surface area contributed by atoms with E-state index in [1.54, 1.807) is 0 Å². The molecule has 0 unspecified atom stereocenters. The molecule has 206 valence electrons. The molecule has 0 spiro atoms. The number of benzene rings is 5. The molecule has 0 radical (unpaired) electrons. The summed E-state index contributed by atoms with van der Waals surface area (Å²) >= 11 is 0. The topological polar surface area (TPSA) is 36.9 Å². The maximum absolute atomic E-state index is 6.60. The zero-order valence-electron chi connectivity index (χ0n) is 23.5. The number of fused-ring (bicyclic) bond motifs is 2. The molecule has 5 aromatic carbocycles. The monoisotopic (exact) mass is 534 g/mol. The molecule has 0 amide bonds. The molecule has 0 bridgehead atoms. The van der Waals surface area contributed by atoms with Gasteiger partial charge in [-0.3, -0.25) is 0 Å². The lowest BCUT2D eigenvalue weighted by Crippen LogP contribution is -2.05. The van der Waals surface area contributed by atoms with Crippen LogP contribution in [0.5, 0.6) is 23.0 Å². The van der Waals surface area contributed by atoms with E-state index in [9.17, 15) is 0 Å². The highest BCUT2D eigenvalue weighted by Gasteiger charge is 2.22. The molecule has 0 saturated carbocycles. The third-order valence-electron chi connectivity index (χ3n) is 6.98. The van der Waals surface area contributed by atoms with Crippen molar-refractivity contribution in [1.29, 1.82) is 0 Å². The fourth-order valence-corrected chi connectivity index (χ4v) is 4.87. The van der Waals surface area contributed by atoms with E-state index in [-0.39, 0.29) is 0 Å². The third kappa shape index (κ3) is 6.34. The van der Waals surface area contributed by atoms with Crippen molar-refractivity contribution >= 4 is 21.5 Å². The molecule has 0 aliphatic heterocycles. The van der Waals surface area contributed by atoms with Gasteiger partial charge in [-0.25, -0.2) is 0 Å². The van der Waals surface area contributed by atoms with Gasteiger partial charge in [-0.1, -0.05) is 106 Å². The molecule has 4 heteroatoms. The van der Waals surface area contributed by atoms with Crippen molar-refractivity contribution in [3.8, 4) is 23.0 Å². The van der Waals surface area contributed by atoms with Gasteiger partial charge in [-0.15, -0.1) is 0 Å². The quantitative estimate of drug-likeness (QED) is 0.105. The highest BCUT2D eigenvalue weighted by molar-refractivity contribution is 6.14. The van der Waals surface area contributed by atoms with E-state index in [4.69, 9.17) is 18.9 Å². The Morgan fingerprint density at radius 1 is 0.500 bits per heavy atom. The van der Waals surface area contributed by atoms with Crippen molar-refractivity contribution in [3.05, 3.63) is 108 Å². The smallest absolute Gasteiger partial charge is 0.138 e. The molecule has 0 heterocycles. The molecule has 0 aliphatic carbocycles. The zero-order chi connectivity index (χ0) is 27.6. The number of rotatable bonds is 14. The van der Waals surface area contributed by atoms with Crippen molar-refractivity contribution in [2.24, 2.45) is 0 Å². The molecule has 0 aliphatic rings. The predicted octanol–water partition coefficient (Wildman–Crippen LogP) is 9.51. The molecule has 5 aromatic rings. The molecule has 5 rings (SSSR count). The van der Waals surface area contributed by atoms with Gasteiger partial charge < -0.3 is 18.9 Å². The summed E-state index contributed by atoms with van der Waals surface area (Å²) in [6.45, 7) is 6.53. The summed E-state index contributed by atoms with van der Waals surface area (Å²) in [7, 11) is 0. The van der Waals surface area contributed by atoms with Gasteiger partial charge in [0.1, 0.15) is 36.2 Å². The van der Waals surface area contributed by atoms with Gasteiger partial charge in [-0.05, 0) is 36.6 Å². The standard InChI is InChI=1S/C36H38O4/c1-3-5-23-37-35-31-21-14-22-32(40-25-27-15-9-7-10-16-27)34(31)36(38-24-6-4-2)30-20-13-17-28(33(30)35)26-39-29-18-11-8-12-19-29/h7-22H,3-6,23-26H2,1-2H3. The van der Waals surface area contributed by atoms with Gasteiger partial charge in [-0.2, -0.15) is 0 Å². The number of hydrogen-bond donors (Lipinski definition) is 0. The molecular weight excluding hydrogens is 496 g/mol. The van der Waals surface area contributed by atoms with E-state index in [0.29, 0.717) is 26.4 Å². The molecule has 0 atom stereocenters. The largest absolute Gasteiger partial charge is 0.492 e. The second kappa shape index (κ2) is 13.7. The van der Waals surface area contributed by atoms with E-state index in [1.807, 2.05) is 60.7 Å². The summed E-state index contributed by atoms with van der Waals surface area (Å²) < 4.78 is 25.9. The van der Waals surface area contributed by atoms with Gasteiger partial charge in [0.2, 0.25) is 0 Å². The first-order valence-corrected chi connectivity index (χ1v) is 14.4. The summed E-state index contributed by atoms with van der Waals surface area (Å²) in [4.78, 5) is 0. The van der Waals surface area contributed by atoms with Crippen LogP contribution in [-0.4, -0.2) is 13.2 Å². The summed E-state index contributed by atoms with van der Waals surface area (Å²) in [5, 5.41) is 4.00. The Bertz CT molecular complexity index is 1400. The van der Waals surface area contributed by atoms with Crippen LogP contribution in [0.15, 0.2) is 97.1 Å². The average Bonchev–Trinajstić information content (AvgIpc) is 3.01. The average molecular weight is 535 g/mol. The Kier molecular flexibility index (Phi) is 9.41. The molecule has 4 nitrogen and oxygen atoms in total. The fraction of sp³-hybridized carbons (Fsp3) is 0.278. The van der Waals surface area contributed by atoms with Gasteiger partial charge in [0, 0.05) is 21.7 Å². The highest BCUT2D eigenvalue weighted by Crippen LogP contribution is 2.48. The second-order valence-electron chi connectivity index (χ2n) is 9.96. The minimum atomic E-state index is 0.426. The van der Waals surface area contributed by atoms with E-state index in [0.717, 1.165) is 81.4 Å². The third-order valence-corrected chi connectivity index (χ3v) is 6.98. The summed E-state index contributed by atoms with van der Waals surface area (Å²) in [6, 6.07) is 32.7. The van der Waals surface area contributed by atoms with Crippen LogP contribution in [-0.2, 0) is 13.2 Å². The van der Waals surface area contributed by atoms with Crippen LogP contribution in [0.4, 0.5) is 0 Å². The minimum absolute atomic E-state index is 0.426. The Balaban J connectivity index is 1.67.